The molecule has 1 amide bonds. The number of hydrogen-bond donors (Lipinski definition) is 1. The number of carbonyl (C=O) groups excluding carboxylic acids is 1. The van der Waals surface area contributed by atoms with Gasteiger partial charge in [-0.05, 0) is 44.7 Å². The lowest BCUT2D eigenvalue weighted by Crippen LogP contribution is -2.37. The molecule has 6 nitrogen and oxygen atoms in total. The van der Waals surface area contributed by atoms with E-state index in [9.17, 15) is 4.79 Å². The Labute approximate surface area is 137 Å². The first kappa shape index (κ1) is 15.1. The van der Waals surface area contributed by atoms with E-state index in [0.29, 0.717) is 17.7 Å². The van der Waals surface area contributed by atoms with Crippen molar-refractivity contribution >= 4 is 5.91 Å². The molecule has 126 valence electrons. The van der Waals surface area contributed by atoms with Gasteiger partial charge >= 0.3 is 0 Å². The van der Waals surface area contributed by atoms with Gasteiger partial charge in [-0.25, -0.2) is 0 Å². The fourth-order valence-electron chi connectivity index (χ4n) is 3.64. The molecule has 3 heterocycles. The van der Waals surface area contributed by atoms with Crippen LogP contribution in [0.2, 0.25) is 0 Å². The van der Waals surface area contributed by atoms with Gasteiger partial charge in [0.15, 0.2) is 0 Å². The summed E-state index contributed by atoms with van der Waals surface area (Å²) in [5.74, 6) is 0.683. The predicted octanol–water partition coefficient (Wildman–Crippen LogP) is 1.61. The Bertz CT molecular complexity index is 549. The van der Waals surface area contributed by atoms with Gasteiger partial charge in [0, 0.05) is 44.4 Å². The molecule has 3 aliphatic rings. The summed E-state index contributed by atoms with van der Waals surface area (Å²) in [5.41, 5.74) is 1.71. The van der Waals surface area contributed by atoms with Crippen LogP contribution in [0.4, 0.5) is 0 Å². The summed E-state index contributed by atoms with van der Waals surface area (Å²) in [7, 11) is 0. The second kappa shape index (κ2) is 6.61. The normalized spacial score (nSPS) is 26.4. The standard InChI is InChI=1S/C17H26N4O2/c22-17(16-11-15(18-19-16)13-4-5-13)21-7-2-6-20(8-9-21)12-14-3-1-10-23-14/h11,13-14H,1-10,12H2,(H,18,19)/t14-/m0/s1. The monoisotopic (exact) mass is 318 g/mol. The summed E-state index contributed by atoms with van der Waals surface area (Å²) >= 11 is 0. The minimum atomic E-state index is 0.0760. The summed E-state index contributed by atoms with van der Waals surface area (Å²) in [6, 6.07) is 1.95. The summed E-state index contributed by atoms with van der Waals surface area (Å²) < 4.78 is 5.73. The van der Waals surface area contributed by atoms with Gasteiger partial charge < -0.3 is 9.64 Å². The quantitative estimate of drug-likeness (QED) is 0.916. The van der Waals surface area contributed by atoms with Crippen LogP contribution in [0.3, 0.4) is 0 Å². The number of nitrogens with one attached hydrogen (secondary N) is 1. The predicted molar refractivity (Wildman–Crippen MR) is 86.5 cm³/mol. The second-order valence-electron chi connectivity index (χ2n) is 7.06. The van der Waals surface area contributed by atoms with Crippen molar-refractivity contribution in [2.24, 2.45) is 0 Å². The van der Waals surface area contributed by atoms with Crippen LogP contribution in [0.15, 0.2) is 6.07 Å². The number of hydrogen-bond acceptors (Lipinski definition) is 4. The Balaban J connectivity index is 1.32. The lowest BCUT2D eigenvalue weighted by atomic mass is 10.2. The SMILES string of the molecule is O=C(c1cc(C2CC2)[nH]n1)N1CCCN(C[C@@H]2CCCO2)CC1. The van der Waals surface area contributed by atoms with Gasteiger partial charge in [-0.3, -0.25) is 14.8 Å². The van der Waals surface area contributed by atoms with Crippen LogP contribution in [0.1, 0.15) is 54.2 Å². The number of H-pyrrole nitrogens is 1. The average Bonchev–Trinajstić information content (AvgIpc) is 3.15. The number of nitrogens with zero attached hydrogens (tertiary/aromatic N) is 3. The molecule has 1 N–H and O–H groups in total. The van der Waals surface area contributed by atoms with Crippen LogP contribution in [-0.2, 0) is 4.74 Å². The molecule has 2 saturated heterocycles. The van der Waals surface area contributed by atoms with Crippen molar-refractivity contribution in [1.82, 2.24) is 20.0 Å². The third-order valence-electron chi connectivity index (χ3n) is 5.20. The van der Waals surface area contributed by atoms with Crippen LogP contribution in [0, 0.1) is 0 Å². The maximum atomic E-state index is 12.7. The molecule has 23 heavy (non-hydrogen) atoms. The highest BCUT2D eigenvalue weighted by atomic mass is 16.5. The number of ether oxygens (including phenoxy) is 1. The topological polar surface area (TPSA) is 61.5 Å². The second-order valence-corrected chi connectivity index (χ2v) is 7.06. The zero-order valence-corrected chi connectivity index (χ0v) is 13.7. The summed E-state index contributed by atoms with van der Waals surface area (Å²) in [6.45, 7) is 5.52. The molecule has 1 aliphatic carbocycles. The Morgan fingerprint density at radius 2 is 2.13 bits per heavy atom. The zero-order chi connectivity index (χ0) is 15.6. The number of carbonyl (C=O) groups is 1. The molecule has 1 saturated carbocycles. The van der Waals surface area contributed by atoms with E-state index in [1.54, 1.807) is 0 Å². The zero-order valence-electron chi connectivity index (χ0n) is 13.7. The summed E-state index contributed by atoms with van der Waals surface area (Å²) in [4.78, 5) is 17.1. The Morgan fingerprint density at radius 1 is 1.22 bits per heavy atom. The van der Waals surface area contributed by atoms with Crippen molar-refractivity contribution in [2.75, 3.05) is 39.3 Å². The molecular formula is C17H26N4O2. The fraction of sp³-hybridized carbons (Fsp3) is 0.765. The van der Waals surface area contributed by atoms with Crippen molar-refractivity contribution < 1.29 is 9.53 Å². The van der Waals surface area contributed by atoms with E-state index in [-0.39, 0.29) is 5.91 Å². The van der Waals surface area contributed by atoms with Crippen LogP contribution >= 0.6 is 0 Å². The van der Waals surface area contributed by atoms with E-state index in [0.717, 1.165) is 51.4 Å². The molecule has 1 aromatic heterocycles. The molecule has 2 aliphatic heterocycles. The molecule has 4 rings (SSSR count). The van der Waals surface area contributed by atoms with Crippen molar-refractivity contribution in [1.29, 1.82) is 0 Å². The highest BCUT2D eigenvalue weighted by Crippen LogP contribution is 2.39. The Morgan fingerprint density at radius 3 is 2.91 bits per heavy atom. The lowest BCUT2D eigenvalue weighted by Gasteiger charge is -2.23. The van der Waals surface area contributed by atoms with Crippen LogP contribution in [-0.4, -0.2) is 71.3 Å². The number of aromatic nitrogens is 2. The van der Waals surface area contributed by atoms with E-state index in [2.05, 4.69) is 15.1 Å². The molecular weight excluding hydrogens is 292 g/mol. The molecule has 0 unspecified atom stereocenters. The summed E-state index contributed by atoms with van der Waals surface area (Å²) in [6.07, 6.45) is 6.22. The Hall–Kier alpha value is -1.40. The molecule has 1 aromatic rings. The number of amides is 1. The van der Waals surface area contributed by atoms with Crippen molar-refractivity contribution in [3.8, 4) is 0 Å². The fourth-order valence-corrected chi connectivity index (χ4v) is 3.64. The first-order valence-corrected chi connectivity index (χ1v) is 8.98. The van der Waals surface area contributed by atoms with Crippen molar-refractivity contribution in [3.05, 3.63) is 17.5 Å². The van der Waals surface area contributed by atoms with Gasteiger partial charge in [-0.15, -0.1) is 0 Å². The molecule has 6 heteroatoms. The highest BCUT2D eigenvalue weighted by molar-refractivity contribution is 5.92. The lowest BCUT2D eigenvalue weighted by molar-refractivity contribution is 0.0701. The first-order valence-electron chi connectivity index (χ1n) is 8.98. The van der Waals surface area contributed by atoms with Crippen LogP contribution in [0.25, 0.3) is 0 Å². The van der Waals surface area contributed by atoms with E-state index >= 15 is 0 Å². The minimum absolute atomic E-state index is 0.0760. The van der Waals surface area contributed by atoms with Crippen LogP contribution in [0.5, 0.6) is 0 Å². The maximum Gasteiger partial charge on any atom is 0.274 e. The minimum Gasteiger partial charge on any atom is -0.377 e. The smallest absolute Gasteiger partial charge is 0.274 e. The molecule has 0 radical (unpaired) electrons. The van der Waals surface area contributed by atoms with E-state index in [1.807, 2.05) is 11.0 Å². The molecule has 3 fully saturated rings. The number of aromatic amines is 1. The van der Waals surface area contributed by atoms with Crippen molar-refractivity contribution in [3.63, 3.8) is 0 Å². The Kier molecular flexibility index (Phi) is 4.35. The summed E-state index contributed by atoms with van der Waals surface area (Å²) in [5, 5.41) is 7.27. The molecule has 0 bridgehead atoms. The average molecular weight is 318 g/mol. The van der Waals surface area contributed by atoms with Gasteiger partial charge in [0.25, 0.3) is 5.91 Å². The van der Waals surface area contributed by atoms with Gasteiger partial charge in [0.05, 0.1) is 6.10 Å². The van der Waals surface area contributed by atoms with Gasteiger partial charge in [-0.2, -0.15) is 5.10 Å². The maximum absolute atomic E-state index is 12.7. The van der Waals surface area contributed by atoms with E-state index in [1.165, 1.54) is 25.7 Å². The molecule has 0 aromatic carbocycles. The largest absolute Gasteiger partial charge is 0.377 e. The highest BCUT2D eigenvalue weighted by Gasteiger charge is 2.28. The number of rotatable bonds is 4. The van der Waals surface area contributed by atoms with Gasteiger partial charge in [0.2, 0.25) is 0 Å². The van der Waals surface area contributed by atoms with Crippen LogP contribution < -0.4 is 0 Å². The van der Waals surface area contributed by atoms with E-state index in [4.69, 9.17) is 4.74 Å². The molecule has 1 atom stereocenters. The van der Waals surface area contributed by atoms with E-state index < -0.39 is 0 Å². The third-order valence-corrected chi connectivity index (χ3v) is 5.20. The van der Waals surface area contributed by atoms with Gasteiger partial charge in [0.1, 0.15) is 5.69 Å². The first-order chi connectivity index (χ1) is 11.3. The molecule has 0 spiro atoms. The third kappa shape index (κ3) is 3.58. The van der Waals surface area contributed by atoms with Crippen molar-refractivity contribution in [2.45, 2.75) is 44.1 Å². The van der Waals surface area contributed by atoms with Gasteiger partial charge in [-0.1, -0.05) is 0 Å².